The first-order chi connectivity index (χ1) is 10.9. The molecular weight excluding hydrogens is 336 g/mol. The quantitative estimate of drug-likeness (QED) is 0.771. The van der Waals surface area contributed by atoms with Gasteiger partial charge < -0.3 is 10.6 Å². The molecule has 1 heterocycles. The van der Waals surface area contributed by atoms with Crippen molar-refractivity contribution in [2.24, 2.45) is 0 Å². The van der Waals surface area contributed by atoms with Gasteiger partial charge >= 0.3 is 0 Å². The lowest BCUT2D eigenvalue weighted by atomic mass is 9.95. The van der Waals surface area contributed by atoms with Crippen molar-refractivity contribution in [2.45, 2.75) is 68.0 Å². The number of aromatic nitrogens is 2. The highest BCUT2D eigenvalue weighted by atomic mass is 32.2. The smallest absolute Gasteiger partial charge is 0.238 e. The first-order valence-corrected chi connectivity index (χ1v) is 10.4. The van der Waals surface area contributed by atoms with Crippen molar-refractivity contribution in [1.82, 2.24) is 15.5 Å². The van der Waals surface area contributed by atoms with E-state index in [9.17, 15) is 13.2 Å². The van der Waals surface area contributed by atoms with Crippen LogP contribution in [-0.4, -0.2) is 42.4 Å². The Bertz CT molecular complexity index is 624. The zero-order chi connectivity index (χ0) is 16.9. The van der Waals surface area contributed by atoms with Crippen molar-refractivity contribution in [1.29, 1.82) is 0 Å². The van der Waals surface area contributed by atoms with Gasteiger partial charge in [-0.15, -0.1) is 10.2 Å². The minimum Gasteiger partial charge on any atom is -0.360 e. The maximum atomic E-state index is 12.5. The second-order valence-electron chi connectivity index (χ2n) is 5.83. The summed E-state index contributed by atoms with van der Waals surface area (Å²) in [5.74, 6) is -0.449. The van der Waals surface area contributed by atoms with E-state index in [-0.39, 0.29) is 10.4 Å². The van der Waals surface area contributed by atoms with Crippen molar-refractivity contribution < 1.29 is 13.2 Å². The van der Waals surface area contributed by atoms with Gasteiger partial charge in [-0.1, -0.05) is 37.5 Å². The van der Waals surface area contributed by atoms with Crippen LogP contribution in [0.3, 0.4) is 0 Å². The summed E-state index contributed by atoms with van der Waals surface area (Å²) in [4.78, 5) is 12.3. The Labute approximate surface area is 141 Å². The van der Waals surface area contributed by atoms with E-state index in [4.69, 9.17) is 0 Å². The number of hydrogen-bond donors (Lipinski definition) is 2. The van der Waals surface area contributed by atoms with Crippen LogP contribution in [0.15, 0.2) is 4.34 Å². The Morgan fingerprint density at radius 1 is 1.30 bits per heavy atom. The van der Waals surface area contributed by atoms with E-state index in [1.807, 2.05) is 6.92 Å². The Hall–Kier alpha value is -1.22. The number of nitrogens with one attached hydrogen (secondary N) is 2. The first-order valence-electron chi connectivity index (χ1n) is 8.06. The highest BCUT2D eigenvalue weighted by molar-refractivity contribution is 7.94. The first kappa shape index (κ1) is 18.1. The van der Waals surface area contributed by atoms with E-state index in [1.165, 1.54) is 13.3 Å². The molecule has 1 aliphatic carbocycles. The Morgan fingerprint density at radius 2 is 2.00 bits per heavy atom. The standard InChI is InChI=1S/C14H24N4O3S2/c1-3-9-15-13-17-18-14(22-13)23(20,21)10(2)12(19)16-11-7-5-4-6-8-11/h10-11H,3-9H2,1-2H3,(H,15,17)(H,16,19)/t10-/m1/s1. The maximum absolute atomic E-state index is 12.5. The highest BCUT2D eigenvalue weighted by Crippen LogP contribution is 2.24. The molecule has 0 spiro atoms. The molecule has 7 nitrogen and oxygen atoms in total. The number of anilines is 1. The largest absolute Gasteiger partial charge is 0.360 e. The summed E-state index contributed by atoms with van der Waals surface area (Å²) in [5, 5.41) is 12.7. The molecule has 1 saturated carbocycles. The summed E-state index contributed by atoms with van der Waals surface area (Å²) in [6.07, 6.45) is 6.08. The van der Waals surface area contributed by atoms with Crippen LogP contribution in [0.2, 0.25) is 0 Å². The van der Waals surface area contributed by atoms with Crippen molar-refractivity contribution in [2.75, 3.05) is 11.9 Å². The summed E-state index contributed by atoms with van der Waals surface area (Å²) in [5.41, 5.74) is 0. The second-order valence-corrected chi connectivity index (χ2v) is 9.25. The van der Waals surface area contributed by atoms with Gasteiger partial charge in [0.05, 0.1) is 0 Å². The highest BCUT2D eigenvalue weighted by Gasteiger charge is 2.34. The zero-order valence-electron chi connectivity index (χ0n) is 13.5. The van der Waals surface area contributed by atoms with Gasteiger partial charge in [0.25, 0.3) is 0 Å². The molecule has 0 saturated heterocycles. The van der Waals surface area contributed by atoms with Gasteiger partial charge in [0, 0.05) is 12.6 Å². The fraction of sp³-hybridized carbons (Fsp3) is 0.786. The predicted octanol–water partition coefficient (Wildman–Crippen LogP) is 1.97. The fourth-order valence-corrected chi connectivity index (χ4v) is 4.93. The third-order valence-electron chi connectivity index (χ3n) is 3.96. The van der Waals surface area contributed by atoms with Crippen molar-refractivity contribution >= 4 is 32.2 Å². The molecule has 0 bridgehead atoms. The van der Waals surface area contributed by atoms with Crippen LogP contribution in [-0.2, 0) is 14.6 Å². The monoisotopic (exact) mass is 360 g/mol. The Kier molecular flexibility index (Phi) is 6.34. The summed E-state index contributed by atoms with van der Waals surface area (Å²) >= 11 is 0.970. The van der Waals surface area contributed by atoms with Crippen molar-refractivity contribution in [3.63, 3.8) is 0 Å². The zero-order valence-corrected chi connectivity index (χ0v) is 15.2. The van der Waals surface area contributed by atoms with E-state index >= 15 is 0 Å². The lowest BCUT2D eigenvalue weighted by molar-refractivity contribution is -0.121. The molecule has 0 aromatic carbocycles. The second kappa shape index (κ2) is 8.05. The summed E-state index contributed by atoms with van der Waals surface area (Å²) in [7, 11) is -3.80. The number of carbonyl (C=O) groups is 1. The molecule has 2 N–H and O–H groups in total. The summed E-state index contributed by atoms with van der Waals surface area (Å²) < 4.78 is 24.9. The molecule has 1 aromatic heterocycles. The molecule has 1 fully saturated rings. The average molecular weight is 361 g/mol. The number of carbonyl (C=O) groups excluding carboxylic acids is 1. The molecule has 1 atom stereocenters. The van der Waals surface area contributed by atoms with Gasteiger partial charge in [0.15, 0.2) is 0 Å². The molecule has 130 valence electrons. The van der Waals surface area contributed by atoms with Crippen LogP contribution >= 0.6 is 11.3 Å². The molecule has 2 rings (SSSR count). The summed E-state index contributed by atoms with van der Waals surface area (Å²) in [6, 6.07) is 0.0881. The van der Waals surface area contributed by atoms with Crippen molar-refractivity contribution in [3.8, 4) is 0 Å². The number of nitrogens with zero attached hydrogens (tertiary/aromatic N) is 2. The Balaban J connectivity index is 2.02. The number of rotatable bonds is 7. The molecule has 9 heteroatoms. The maximum Gasteiger partial charge on any atom is 0.238 e. The van der Waals surface area contributed by atoms with E-state index < -0.39 is 21.0 Å². The molecule has 0 unspecified atom stereocenters. The van der Waals surface area contributed by atoms with E-state index in [1.54, 1.807) is 0 Å². The fourth-order valence-electron chi connectivity index (χ4n) is 2.49. The van der Waals surface area contributed by atoms with E-state index in [2.05, 4.69) is 20.8 Å². The van der Waals surface area contributed by atoms with E-state index in [0.717, 1.165) is 43.4 Å². The summed E-state index contributed by atoms with van der Waals surface area (Å²) in [6.45, 7) is 4.11. The number of amides is 1. The van der Waals surface area contributed by atoms with Gasteiger partial charge in [0.2, 0.25) is 25.2 Å². The molecule has 23 heavy (non-hydrogen) atoms. The van der Waals surface area contributed by atoms with Gasteiger partial charge in [-0.3, -0.25) is 4.79 Å². The Morgan fingerprint density at radius 3 is 2.65 bits per heavy atom. The number of hydrogen-bond acceptors (Lipinski definition) is 7. The third kappa shape index (κ3) is 4.63. The molecule has 1 aromatic rings. The molecular formula is C14H24N4O3S2. The SMILES string of the molecule is CCCNc1nnc(S(=O)(=O)[C@H](C)C(=O)NC2CCCCC2)s1. The van der Waals surface area contributed by atoms with Crippen LogP contribution in [0.25, 0.3) is 0 Å². The third-order valence-corrected chi connectivity index (χ3v) is 7.30. The molecule has 1 amide bonds. The van der Waals surface area contributed by atoms with Gasteiger partial charge in [-0.2, -0.15) is 0 Å². The van der Waals surface area contributed by atoms with Crippen LogP contribution in [0.5, 0.6) is 0 Å². The minimum atomic E-state index is -3.80. The lowest BCUT2D eigenvalue weighted by Crippen LogP contribution is -2.44. The minimum absolute atomic E-state index is 0.0881. The molecule has 1 aliphatic rings. The lowest BCUT2D eigenvalue weighted by Gasteiger charge is -2.24. The van der Waals surface area contributed by atoms with Crippen LogP contribution in [0, 0.1) is 0 Å². The average Bonchev–Trinajstić information content (AvgIpc) is 3.02. The van der Waals surface area contributed by atoms with Crippen molar-refractivity contribution in [3.05, 3.63) is 0 Å². The van der Waals surface area contributed by atoms with Crippen LogP contribution < -0.4 is 10.6 Å². The number of sulfone groups is 1. The van der Waals surface area contributed by atoms with Gasteiger partial charge in [-0.25, -0.2) is 8.42 Å². The van der Waals surface area contributed by atoms with E-state index in [0.29, 0.717) is 11.7 Å². The van der Waals surface area contributed by atoms with Crippen LogP contribution in [0.1, 0.15) is 52.4 Å². The normalized spacial score (nSPS) is 17.7. The van der Waals surface area contributed by atoms with Gasteiger partial charge in [-0.05, 0) is 26.2 Å². The predicted molar refractivity (Wildman–Crippen MR) is 90.4 cm³/mol. The van der Waals surface area contributed by atoms with Crippen LogP contribution in [0.4, 0.5) is 5.13 Å². The molecule has 0 radical (unpaired) electrons. The molecule has 0 aliphatic heterocycles. The topological polar surface area (TPSA) is 101 Å². The van der Waals surface area contributed by atoms with Gasteiger partial charge in [0.1, 0.15) is 5.25 Å².